The van der Waals surface area contributed by atoms with Crippen LogP contribution < -0.4 is 0 Å². The minimum atomic E-state index is -0.0250. The van der Waals surface area contributed by atoms with Gasteiger partial charge in [0.2, 0.25) is 0 Å². The lowest BCUT2D eigenvalue weighted by Gasteiger charge is -2.34. The monoisotopic (exact) mass is 294 g/mol. The standard InChI is InChI=1S/C19H34O2/c1-3-5-6-7-8-9-10-11-12-13-14-16-18-17(15-4-2)19(20)21-18/h4,17-18H,2-3,5-16H2,1H3. The summed E-state index contributed by atoms with van der Waals surface area (Å²) in [5, 5.41) is 0. The summed E-state index contributed by atoms with van der Waals surface area (Å²) >= 11 is 0. The number of carbonyl (C=O) groups is 1. The third-order valence-electron chi connectivity index (χ3n) is 4.53. The van der Waals surface area contributed by atoms with E-state index in [-0.39, 0.29) is 18.0 Å². The van der Waals surface area contributed by atoms with E-state index in [0.717, 1.165) is 12.8 Å². The Morgan fingerprint density at radius 2 is 1.48 bits per heavy atom. The zero-order valence-electron chi connectivity index (χ0n) is 13.9. The molecule has 0 spiro atoms. The van der Waals surface area contributed by atoms with E-state index in [4.69, 9.17) is 4.74 Å². The van der Waals surface area contributed by atoms with E-state index in [1.807, 2.05) is 6.08 Å². The fourth-order valence-electron chi connectivity index (χ4n) is 3.10. The largest absolute Gasteiger partial charge is 0.461 e. The molecule has 0 amide bonds. The van der Waals surface area contributed by atoms with Crippen LogP contribution >= 0.6 is 0 Å². The second-order valence-corrected chi connectivity index (χ2v) is 6.43. The molecule has 1 aliphatic heterocycles. The SMILES string of the molecule is C=CCC1C(=O)OC1CCCCCCCCCCCCC. The van der Waals surface area contributed by atoms with Crippen LogP contribution in [0.15, 0.2) is 12.7 Å². The molecule has 0 radical (unpaired) electrons. The lowest BCUT2D eigenvalue weighted by atomic mass is 9.89. The Morgan fingerprint density at radius 3 is 1.95 bits per heavy atom. The van der Waals surface area contributed by atoms with Crippen LogP contribution in [0.4, 0.5) is 0 Å². The van der Waals surface area contributed by atoms with E-state index in [1.165, 1.54) is 70.6 Å². The Bertz CT molecular complexity index is 285. The summed E-state index contributed by atoms with van der Waals surface area (Å²) in [6, 6.07) is 0. The molecule has 2 nitrogen and oxygen atoms in total. The first-order chi connectivity index (χ1) is 10.3. The number of hydrogen-bond donors (Lipinski definition) is 0. The van der Waals surface area contributed by atoms with Gasteiger partial charge in [0, 0.05) is 0 Å². The predicted molar refractivity (Wildman–Crippen MR) is 89.3 cm³/mol. The first-order valence-corrected chi connectivity index (χ1v) is 9.11. The minimum Gasteiger partial charge on any atom is -0.461 e. The molecule has 1 aliphatic rings. The highest BCUT2D eigenvalue weighted by Gasteiger charge is 2.40. The van der Waals surface area contributed by atoms with Crippen LogP contribution in [0.5, 0.6) is 0 Å². The van der Waals surface area contributed by atoms with Gasteiger partial charge < -0.3 is 4.74 Å². The summed E-state index contributed by atoms with van der Waals surface area (Å²) in [5.74, 6) is 0.0774. The summed E-state index contributed by atoms with van der Waals surface area (Å²) in [7, 11) is 0. The molecular formula is C19H34O2. The first-order valence-electron chi connectivity index (χ1n) is 9.11. The Kier molecular flexibility index (Phi) is 10.3. The van der Waals surface area contributed by atoms with Crippen LogP contribution in [0.1, 0.15) is 90.4 Å². The van der Waals surface area contributed by atoms with Crippen LogP contribution in [0.25, 0.3) is 0 Å². The molecule has 2 atom stereocenters. The number of rotatable bonds is 14. The summed E-state index contributed by atoms with van der Waals surface area (Å²) in [4.78, 5) is 11.3. The maximum absolute atomic E-state index is 11.3. The highest BCUT2D eigenvalue weighted by Crippen LogP contribution is 2.30. The second-order valence-electron chi connectivity index (χ2n) is 6.43. The van der Waals surface area contributed by atoms with Crippen molar-refractivity contribution in [3.05, 3.63) is 12.7 Å². The average molecular weight is 294 g/mol. The van der Waals surface area contributed by atoms with E-state index in [0.29, 0.717) is 0 Å². The normalized spacial score (nSPS) is 20.9. The van der Waals surface area contributed by atoms with Gasteiger partial charge in [-0.25, -0.2) is 0 Å². The third-order valence-corrected chi connectivity index (χ3v) is 4.53. The summed E-state index contributed by atoms with van der Waals surface area (Å²) in [5.41, 5.74) is 0. The Hall–Kier alpha value is -0.790. The van der Waals surface area contributed by atoms with Gasteiger partial charge in [-0.3, -0.25) is 4.79 Å². The zero-order chi connectivity index (χ0) is 15.3. The third kappa shape index (κ3) is 7.68. The van der Waals surface area contributed by atoms with Gasteiger partial charge in [0.15, 0.2) is 0 Å². The van der Waals surface area contributed by atoms with E-state index in [9.17, 15) is 4.79 Å². The summed E-state index contributed by atoms with van der Waals surface area (Å²) in [6.07, 6.45) is 18.8. The molecule has 0 aromatic rings. The van der Waals surface area contributed by atoms with Gasteiger partial charge in [-0.1, -0.05) is 77.2 Å². The highest BCUT2D eigenvalue weighted by molar-refractivity contribution is 5.78. The summed E-state index contributed by atoms with van der Waals surface area (Å²) < 4.78 is 5.21. The van der Waals surface area contributed by atoms with Gasteiger partial charge in [0.05, 0.1) is 5.92 Å². The molecule has 0 aliphatic carbocycles. The Balaban J connectivity index is 1.83. The molecule has 0 N–H and O–H groups in total. The lowest BCUT2D eigenvalue weighted by Crippen LogP contribution is -2.44. The molecule has 2 heteroatoms. The van der Waals surface area contributed by atoms with Gasteiger partial charge in [0.25, 0.3) is 0 Å². The highest BCUT2D eigenvalue weighted by atomic mass is 16.6. The van der Waals surface area contributed by atoms with E-state index >= 15 is 0 Å². The number of ether oxygens (including phenoxy) is 1. The van der Waals surface area contributed by atoms with Crippen LogP contribution in [0.2, 0.25) is 0 Å². The smallest absolute Gasteiger partial charge is 0.313 e. The zero-order valence-corrected chi connectivity index (χ0v) is 13.9. The lowest BCUT2D eigenvalue weighted by molar-refractivity contribution is -0.184. The van der Waals surface area contributed by atoms with E-state index < -0.39 is 0 Å². The van der Waals surface area contributed by atoms with Crippen molar-refractivity contribution in [1.82, 2.24) is 0 Å². The number of unbranched alkanes of at least 4 members (excludes halogenated alkanes) is 10. The molecular weight excluding hydrogens is 260 g/mol. The van der Waals surface area contributed by atoms with Gasteiger partial charge in [-0.2, -0.15) is 0 Å². The van der Waals surface area contributed by atoms with Gasteiger partial charge in [-0.15, -0.1) is 6.58 Å². The first kappa shape index (κ1) is 18.3. The molecule has 1 saturated heterocycles. The molecule has 0 saturated carbocycles. The second kappa shape index (κ2) is 11.8. The molecule has 0 aromatic heterocycles. The van der Waals surface area contributed by atoms with Crippen LogP contribution in [0, 0.1) is 5.92 Å². The topological polar surface area (TPSA) is 26.3 Å². The fourth-order valence-corrected chi connectivity index (χ4v) is 3.10. The Morgan fingerprint density at radius 1 is 0.952 bits per heavy atom. The maximum Gasteiger partial charge on any atom is 0.313 e. The molecule has 2 unspecified atom stereocenters. The fraction of sp³-hybridized carbons (Fsp3) is 0.842. The molecule has 1 fully saturated rings. The number of esters is 1. The van der Waals surface area contributed by atoms with Gasteiger partial charge in [-0.05, 0) is 19.3 Å². The average Bonchev–Trinajstić information content (AvgIpc) is 2.49. The molecule has 21 heavy (non-hydrogen) atoms. The maximum atomic E-state index is 11.3. The van der Waals surface area contributed by atoms with Crippen molar-refractivity contribution >= 4 is 5.97 Å². The number of hydrogen-bond acceptors (Lipinski definition) is 2. The van der Waals surface area contributed by atoms with Crippen molar-refractivity contribution < 1.29 is 9.53 Å². The molecule has 122 valence electrons. The van der Waals surface area contributed by atoms with Crippen molar-refractivity contribution in [2.75, 3.05) is 0 Å². The molecule has 1 rings (SSSR count). The van der Waals surface area contributed by atoms with Crippen molar-refractivity contribution in [2.45, 2.75) is 96.5 Å². The van der Waals surface area contributed by atoms with Crippen molar-refractivity contribution in [3.8, 4) is 0 Å². The number of carbonyl (C=O) groups excluding carboxylic acids is 1. The Labute approximate surface area is 131 Å². The van der Waals surface area contributed by atoms with Crippen LogP contribution in [-0.2, 0) is 9.53 Å². The van der Waals surface area contributed by atoms with Gasteiger partial charge in [0.1, 0.15) is 6.10 Å². The molecule has 1 heterocycles. The van der Waals surface area contributed by atoms with Crippen LogP contribution in [-0.4, -0.2) is 12.1 Å². The number of allylic oxidation sites excluding steroid dienone is 1. The van der Waals surface area contributed by atoms with E-state index in [2.05, 4.69) is 13.5 Å². The van der Waals surface area contributed by atoms with Crippen molar-refractivity contribution in [1.29, 1.82) is 0 Å². The summed E-state index contributed by atoms with van der Waals surface area (Å²) in [6.45, 7) is 5.97. The van der Waals surface area contributed by atoms with Crippen molar-refractivity contribution in [2.24, 2.45) is 5.92 Å². The van der Waals surface area contributed by atoms with Gasteiger partial charge >= 0.3 is 5.97 Å². The van der Waals surface area contributed by atoms with E-state index in [1.54, 1.807) is 0 Å². The predicted octanol–water partition coefficient (Wildman–Crippen LogP) is 5.81. The number of cyclic esters (lactones) is 1. The van der Waals surface area contributed by atoms with Crippen LogP contribution in [0.3, 0.4) is 0 Å². The quantitative estimate of drug-likeness (QED) is 0.230. The molecule has 0 aromatic carbocycles. The van der Waals surface area contributed by atoms with Crippen molar-refractivity contribution in [3.63, 3.8) is 0 Å². The minimum absolute atomic E-state index is 0.0250. The molecule has 0 bridgehead atoms.